The van der Waals surface area contributed by atoms with Crippen LogP contribution < -0.4 is 0 Å². The predicted octanol–water partition coefficient (Wildman–Crippen LogP) is 16.9. The second-order valence-electron chi connectivity index (χ2n) is 6.39. The summed E-state index contributed by atoms with van der Waals surface area (Å²) in [7, 11) is 72.5. The Kier molecular flexibility index (Phi) is 41.3. The van der Waals surface area contributed by atoms with Crippen LogP contribution in [0.5, 0.6) is 0 Å². The molecular formula is C15H27Cl17NNb2Ta2-2. The van der Waals surface area contributed by atoms with Crippen LogP contribution >= 0.6 is 156 Å². The molecule has 0 spiro atoms. The number of rotatable bonds is 2. The maximum atomic E-state index is 7.95. The van der Waals surface area contributed by atoms with Gasteiger partial charge in [-0.05, 0) is 6.42 Å². The van der Waals surface area contributed by atoms with Crippen molar-refractivity contribution in [1.82, 2.24) is 0 Å². The zero-order chi connectivity index (χ0) is 30.9. The molecule has 0 amide bonds. The van der Waals surface area contributed by atoms with Crippen molar-refractivity contribution in [2.45, 2.75) is 77.6 Å². The Morgan fingerprint density at radius 2 is 0.865 bits per heavy atom. The molecule has 2 aliphatic rings. The Morgan fingerprint density at radius 1 is 0.676 bits per heavy atom. The second-order valence-corrected chi connectivity index (χ2v) is 136. The zero-order valence-electron chi connectivity index (χ0n) is 19.1. The number of nitrogens with zero attached hydrogens (tertiary/aromatic N) is 1. The van der Waals surface area contributed by atoms with Crippen LogP contribution in [-0.4, -0.2) is 0 Å². The summed E-state index contributed by atoms with van der Waals surface area (Å²) < 4.78 is 0. The molecule has 2 saturated carbocycles. The SMILES string of the molecule is CCCCC#N.[CH-]1CCCC1.[CH-]1CCCC1.[Cl][Nb]([Cl])([Cl])([Cl])[Cl].[Cl][Nb][Cl].[Cl][Ta]([Cl])([Cl])([Cl])[Cl].[Cl][Ta]([Cl])([Cl])([Cl])[Cl]. The Balaban J connectivity index is -0.000000108. The van der Waals surface area contributed by atoms with Gasteiger partial charge in [0.05, 0.1) is 6.07 Å². The number of nitriles is 1. The molecule has 0 atom stereocenters. The summed E-state index contributed by atoms with van der Waals surface area (Å²) in [6.45, 7) is 2.08. The molecule has 0 aromatic heterocycles. The first-order chi connectivity index (χ1) is 16.0. The summed E-state index contributed by atoms with van der Waals surface area (Å²) in [4.78, 5) is 0. The van der Waals surface area contributed by atoms with E-state index in [2.05, 4.69) is 25.8 Å². The first kappa shape index (κ1) is 53.9. The molecule has 0 heterocycles. The Morgan fingerprint density at radius 3 is 0.919 bits per heavy atom. The van der Waals surface area contributed by atoms with Crippen molar-refractivity contribution < 1.29 is 48.8 Å². The fourth-order valence-electron chi connectivity index (χ4n) is 1.70. The molecule has 0 aromatic rings. The van der Waals surface area contributed by atoms with Gasteiger partial charge < -0.3 is 12.8 Å². The number of hydrogen-bond donors (Lipinski definition) is 0. The van der Waals surface area contributed by atoms with Crippen LogP contribution in [0.25, 0.3) is 0 Å². The van der Waals surface area contributed by atoms with Gasteiger partial charge in [0.1, 0.15) is 0 Å². The molecule has 37 heavy (non-hydrogen) atoms. The van der Waals surface area contributed by atoms with Crippen molar-refractivity contribution in [3.63, 3.8) is 0 Å². The molecule has 0 radical (unpaired) electrons. The van der Waals surface area contributed by atoms with Gasteiger partial charge in [0.25, 0.3) is 0 Å². The van der Waals surface area contributed by atoms with E-state index in [1.165, 1.54) is 51.4 Å². The van der Waals surface area contributed by atoms with Crippen LogP contribution in [0.1, 0.15) is 77.6 Å². The molecule has 0 aliphatic heterocycles. The average Bonchev–Trinajstić information content (AvgIpc) is 3.32. The van der Waals surface area contributed by atoms with Crippen molar-refractivity contribution in [2.75, 3.05) is 0 Å². The molecule has 0 aromatic carbocycles. The van der Waals surface area contributed by atoms with E-state index in [9.17, 15) is 0 Å². The van der Waals surface area contributed by atoms with Gasteiger partial charge in [-0.3, -0.25) is 0 Å². The van der Waals surface area contributed by atoms with E-state index < -0.39 is 48.8 Å². The first-order valence-electron chi connectivity index (χ1n) is 9.79. The van der Waals surface area contributed by atoms with Crippen LogP contribution in [-0.2, 0) is 48.8 Å². The molecule has 22 heteroatoms. The molecule has 2 aliphatic carbocycles. The van der Waals surface area contributed by atoms with Gasteiger partial charge in [-0.1, -0.05) is 39.0 Å². The zero-order valence-corrected chi connectivity index (χ0v) is 42.8. The molecule has 0 N–H and O–H groups in total. The van der Waals surface area contributed by atoms with Crippen molar-refractivity contribution >= 4 is 156 Å². The summed E-state index contributed by atoms with van der Waals surface area (Å²) in [6, 6.07) is 2.07. The molecule has 0 unspecified atom stereocenters. The summed E-state index contributed by atoms with van der Waals surface area (Å²) in [5.74, 6) is 0. The van der Waals surface area contributed by atoms with Gasteiger partial charge in [-0.25, -0.2) is 0 Å². The van der Waals surface area contributed by atoms with Crippen LogP contribution in [0, 0.1) is 24.2 Å². The third-order valence-corrected chi connectivity index (χ3v) is 2.78. The minimum absolute atomic E-state index is 0.706. The van der Waals surface area contributed by atoms with E-state index in [-0.39, 0.29) is 0 Å². The molecule has 2 rings (SSSR count). The number of halogens is 17. The van der Waals surface area contributed by atoms with E-state index in [1.807, 2.05) is 0 Å². The van der Waals surface area contributed by atoms with Crippen LogP contribution in [0.15, 0.2) is 0 Å². The van der Waals surface area contributed by atoms with Gasteiger partial charge >= 0.3 is 205 Å². The third-order valence-electron chi connectivity index (χ3n) is 2.78. The van der Waals surface area contributed by atoms with Crippen LogP contribution in [0.2, 0.25) is 0 Å². The van der Waals surface area contributed by atoms with Gasteiger partial charge in [0.15, 0.2) is 0 Å². The monoisotopic (exact) mass is 1360 g/mol. The molecule has 0 bridgehead atoms. The predicted molar refractivity (Wildman–Crippen MR) is 170 cm³/mol. The Labute approximate surface area is 300 Å². The molecule has 0 saturated heterocycles. The second kappa shape index (κ2) is 28.4. The Hall–Kier alpha value is 7.38. The summed E-state index contributed by atoms with van der Waals surface area (Å²) in [5, 5.41) is 7.95. The van der Waals surface area contributed by atoms with Gasteiger partial charge in [-0.15, -0.1) is 0 Å². The molecule has 1 nitrogen and oxygen atoms in total. The molecule has 233 valence electrons. The fourth-order valence-corrected chi connectivity index (χ4v) is 1.70. The first-order valence-corrected chi connectivity index (χ1v) is 69.4. The number of hydrogen-bond acceptors (Lipinski definition) is 1. The number of unbranched alkanes of at least 4 members (excludes halogenated alkanes) is 2. The van der Waals surface area contributed by atoms with Crippen LogP contribution in [0.3, 0.4) is 0 Å². The molecular weight excluding hydrogens is 1340 g/mol. The maximum absolute atomic E-state index is 7.95. The molecule has 2 fully saturated rings. The summed E-state index contributed by atoms with van der Waals surface area (Å²) in [5.41, 5.74) is 0. The fraction of sp³-hybridized carbons (Fsp3) is 0.800. The van der Waals surface area contributed by atoms with E-state index in [0.717, 1.165) is 19.3 Å². The van der Waals surface area contributed by atoms with E-state index in [1.54, 1.807) is 0 Å². The average molecular weight is 1370 g/mol. The third kappa shape index (κ3) is 179. The van der Waals surface area contributed by atoms with Crippen molar-refractivity contribution in [3.05, 3.63) is 12.8 Å². The summed E-state index contributed by atoms with van der Waals surface area (Å²) >= 11 is -0.706. The standard InChI is InChI=1S/C5H9N.2C5H9.17ClH.2Nb.2Ta/c1-2-3-4-5-6;2*1-2-4-5-3-1;;;;;;;;;;;;;;;;;;;;;/h2-4H2,1H3;2*1H,2-5H2;17*1H;;;;/q;2*-1;;;;;;;;;;;;;;;;;;+2;3*+5/p-17. The van der Waals surface area contributed by atoms with Gasteiger partial charge in [0, 0.05) is 6.42 Å². The topological polar surface area (TPSA) is 23.8 Å². The van der Waals surface area contributed by atoms with Gasteiger partial charge in [0.2, 0.25) is 0 Å². The van der Waals surface area contributed by atoms with Crippen molar-refractivity contribution in [2.24, 2.45) is 0 Å². The van der Waals surface area contributed by atoms with Crippen molar-refractivity contribution in [3.8, 4) is 6.07 Å². The normalized spacial score (nSPS) is 17.4. The minimum atomic E-state index is -4.44. The van der Waals surface area contributed by atoms with E-state index in [0.29, 0.717) is 0 Å². The Bertz CT molecular complexity index is 435. The van der Waals surface area contributed by atoms with Crippen LogP contribution in [0.4, 0.5) is 0 Å². The van der Waals surface area contributed by atoms with Gasteiger partial charge in [-0.2, -0.15) is 30.9 Å². The quantitative estimate of drug-likeness (QED) is 0.154. The van der Waals surface area contributed by atoms with E-state index >= 15 is 0 Å². The summed E-state index contributed by atoms with van der Waals surface area (Å²) in [6.07, 6.45) is 18.9. The van der Waals surface area contributed by atoms with E-state index in [4.69, 9.17) is 161 Å². The van der Waals surface area contributed by atoms with Crippen molar-refractivity contribution in [1.29, 1.82) is 5.26 Å².